The Labute approximate surface area is 222 Å². The monoisotopic (exact) mass is 642 g/mol. The summed E-state index contributed by atoms with van der Waals surface area (Å²) in [5.41, 5.74) is 5.48. The molecule has 0 saturated carbocycles. The summed E-state index contributed by atoms with van der Waals surface area (Å²) in [6.45, 7) is 0. The molecule has 4 nitrogen and oxygen atoms in total. The van der Waals surface area contributed by atoms with Gasteiger partial charge in [-0.25, -0.2) is 0 Å². The van der Waals surface area contributed by atoms with Crippen LogP contribution in [0.25, 0.3) is 55.2 Å². The van der Waals surface area contributed by atoms with E-state index >= 15 is 0 Å². The molecule has 0 bridgehead atoms. The predicted octanol–water partition coefficient (Wildman–Crippen LogP) is 7.54. The Hall–Kier alpha value is -4.18. The molecule has 4 heterocycles. The molecule has 0 spiro atoms. The molecule has 7 aromatic rings. The second-order valence-corrected chi connectivity index (χ2v) is 7.94. The van der Waals surface area contributed by atoms with Gasteiger partial charge in [0.25, 0.3) is 0 Å². The van der Waals surface area contributed by atoms with E-state index in [9.17, 15) is 0 Å². The molecule has 36 heavy (non-hydrogen) atoms. The first kappa shape index (κ1) is 23.6. The largest absolute Gasteiger partial charge is 0.500 e. The zero-order chi connectivity index (χ0) is 23.5. The summed E-state index contributed by atoms with van der Waals surface area (Å²) in [6, 6.07) is 36.1. The molecular weight excluding hydrogens is 623 g/mol. The van der Waals surface area contributed by atoms with Gasteiger partial charge in [-0.1, -0.05) is 47.3 Å². The second kappa shape index (κ2) is 10.6. The number of pyridine rings is 3. The molecule has 0 fully saturated rings. The van der Waals surface area contributed by atoms with E-state index in [-0.39, 0.29) is 20.1 Å². The van der Waals surface area contributed by atoms with E-state index in [4.69, 9.17) is 4.42 Å². The van der Waals surface area contributed by atoms with E-state index in [0.717, 1.165) is 55.2 Å². The second-order valence-electron chi connectivity index (χ2n) is 7.94. The fraction of sp³-hybridized carbons (Fsp3) is 0. The number of benzene rings is 3. The molecule has 1 radical (unpaired) electrons. The number of hydrogen-bond acceptors (Lipinski definition) is 4. The van der Waals surface area contributed by atoms with Crippen LogP contribution in [0.1, 0.15) is 0 Å². The van der Waals surface area contributed by atoms with Gasteiger partial charge in [-0.3, -0.25) is 4.98 Å². The van der Waals surface area contributed by atoms with Gasteiger partial charge in [0.2, 0.25) is 0 Å². The first-order valence-electron chi connectivity index (χ1n) is 11.3. The SMILES string of the molecule is [Ir].[c-]1ccc2c(oc3c4ccncc4ccc23)c1-c1ccccn1.[c-]1ccccc1-c1ccccn1. The first-order valence-corrected chi connectivity index (χ1v) is 11.3. The molecule has 5 heteroatoms. The topological polar surface area (TPSA) is 51.8 Å². The maximum absolute atomic E-state index is 6.25. The maximum Gasteiger partial charge on any atom is 0.128 e. The molecule has 3 aromatic carbocycles. The summed E-state index contributed by atoms with van der Waals surface area (Å²) in [6.07, 6.45) is 7.22. The van der Waals surface area contributed by atoms with Gasteiger partial charge in [-0.05, 0) is 29.6 Å². The normalized spacial score (nSPS) is 10.6. The van der Waals surface area contributed by atoms with E-state index in [1.165, 1.54) is 0 Å². The molecule has 0 aliphatic rings. The van der Waals surface area contributed by atoms with Gasteiger partial charge in [-0.15, -0.1) is 54.1 Å². The van der Waals surface area contributed by atoms with Crippen LogP contribution in [0.3, 0.4) is 0 Å². The number of hydrogen-bond donors (Lipinski definition) is 0. The van der Waals surface area contributed by atoms with Gasteiger partial charge >= 0.3 is 0 Å². The number of fused-ring (bicyclic) bond motifs is 5. The van der Waals surface area contributed by atoms with Crippen LogP contribution in [0, 0.1) is 12.1 Å². The van der Waals surface area contributed by atoms with Crippen molar-refractivity contribution < 1.29 is 24.5 Å². The minimum absolute atomic E-state index is 0. The van der Waals surface area contributed by atoms with Crippen molar-refractivity contribution in [3.63, 3.8) is 0 Å². The molecule has 4 aromatic heterocycles. The van der Waals surface area contributed by atoms with E-state index in [0.29, 0.717) is 0 Å². The van der Waals surface area contributed by atoms with Gasteiger partial charge in [0.1, 0.15) is 5.58 Å². The van der Waals surface area contributed by atoms with Gasteiger partial charge in [0.05, 0.1) is 5.58 Å². The van der Waals surface area contributed by atoms with Crippen molar-refractivity contribution in [2.24, 2.45) is 0 Å². The van der Waals surface area contributed by atoms with Crippen molar-refractivity contribution in [3.05, 3.63) is 128 Å². The first-order chi connectivity index (χ1) is 17.4. The van der Waals surface area contributed by atoms with E-state index < -0.39 is 0 Å². The molecule has 0 N–H and O–H groups in total. The molecule has 0 amide bonds. The standard InChI is InChI=1S/C20H11N2O.C11H8N.Ir/c1-2-10-22-18(6-1)17-5-3-4-15-16-8-7-13-12-21-11-9-14(13)19(16)23-20(15)17;1-2-6-10(7-3-1)11-8-4-5-9-12-11;/h1-4,6-12H;1-6,8-9H;/q2*-1;. The Morgan fingerprint density at radius 1 is 0.583 bits per heavy atom. The van der Waals surface area contributed by atoms with Gasteiger partial charge in [0.15, 0.2) is 0 Å². The average Bonchev–Trinajstić information content (AvgIpc) is 3.34. The number of furan rings is 1. The summed E-state index contributed by atoms with van der Waals surface area (Å²) in [4.78, 5) is 12.8. The van der Waals surface area contributed by atoms with Crippen LogP contribution in [0.4, 0.5) is 0 Å². The summed E-state index contributed by atoms with van der Waals surface area (Å²) < 4.78 is 6.25. The fourth-order valence-corrected chi connectivity index (χ4v) is 4.14. The van der Waals surface area contributed by atoms with Gasteiger partial charge < -0.3 is 14.4 Å². The Kier molecular flexibility index (Phi) is 6.94. The van der Waals surface area contributed by atoms with Crippen molar-refractivity contribution in [2.45, 2.75) is 0 Å². The summed E-state index contributed by atoms with van der Waals surface area (Å²) in [5.74, 6) is 0. The van der Waals surface area contributed by atoms with Crippen molar-refractivity contribution >= 4 is 32.7 Å². The number of rotatable bonds is 2. The van der Waals surface area contributed by atoms with E-state index in [1.54, 1.807) is 18.6 Å². The zero-order valence-electron chi connectivity index (χ0n) is 19.1. The summed E-state index contributed by atoms with van der Waals surface area (Å²) in [7, 11) is 0. The average molecular weight is 642 g/mol. The van der Waals surface area contributed by atoms with Crippen molar-refractivity contribution in [1.29, 1.82) is 0 Å². The third kappa shape index (κ3) is 4.54. The predicted molar refractivity (Wildman–Crippen MR) is 140 cm³/mol. The Bertz CT molecular complexity index is 1700. The van der Waals surface area contributed by atoms with Crippen molar-refractivity contribution in [3.8, 4) is 22.5 Å². The Balaban J connectivity index is 0.000000175. The van der Waals surface area contributed by atoms with E-state index in [2.05, 4.69) is 39.2 Å². The summed E-state index contributed by atoms with van der Waals surface area (Å²) in [5, 5.41) is 4.33. The fourth-order valence-electron chi connectivity index (χ4n) is 4.14. The van der Waals surface area contributed by atoms with Crippen LogP contribution >= 0.6 is 0 Å². The molecular formula is C31H19IrN3O-2. The van der Waals surface area contributed by atoms with Gasteiger partial charge in [-0.2, -0.15) is 0 Å². The molecule has 0 aliphatic heterocycles. The minimum atomic E-state index is 0. The molecule has 0 atom stereocenters. The number of aromatic nitrogens is 3. The molecule has 7 rings (SSSR count). The van der Waals surface area contributed by atoms with Crippen LogP contribution in [0.2, 0.25) is 0 Å². The maximum atomic E-state index is 6.25. The molecule has 0 aliphatic carbocycles. The molecule has 0 saturated heterocycles. The minimum Gasteiger partial charge on any atom is -0.500 e. The van der Waals surface area contributed by atoms with Gasteiger partial charge in [0, 0.05) is 61.1 Å². The van der Waals surface area contributed by atoms with Crippen LogP contribution in [0.5, 0.6) is 0 Å². The third-order valence-electron chi connectivity index (χ3n) is 5.79. The quantitative estimate of drug-likeness (QED) is 0.183. The third-order valence-corrected chi connectivity index (χ3v) is 5.79. The van der Waals surface area contributed by atoms with Crippen molar-refractivity contribution in [1.82, 2.24) is 15.0 Å². The molecule has 175 valence electrons. The van der Waals surface area contributed by atoms with Crippen LogP contribution < -0.4 is 0 Å². The molecule has 0 unspecified atom stereocenters. The Morgan fingerprint density at radius 3 is 2.11 bits per heavy atom. The Morgan fingerprint density at radius 2 is 1.36 bits per heavy atom. The summed E-state index contributed by atoms with van der Waals surface area (Å²) >= 11 is 0. The van der Waals surface area contributed by atoms with Crippen molar-refractivity contribution in [2.75, 3.05) is 0 Å². The zero-order valence-corrected chi connectivity index (χ0v) is 21.4. The van der Waals surface area contributed by atoms with Crippen LogP contribution in [-0.2, 0) is 20.1 Å². The van der Waals surface area contributed by atoms with E-state index in [1.807, 2.05) is 85.1 Å². The van der Waals surface area contributed by atoms with Crippen LogP contribution in [0.15, 0.2) is 120 Å². The number of nitrogens with zero attached hydrogens (tertiary/aromatic N) is 3. The van der Waals surface area contributed by atoms with Crippen LogP contribution in [-0.4, -0.2) is 15.0 Å². The smallest absolute Gasteiger partial charge is 0.128 e.